The Hall–Kier alpha value is -2.90. The molecule has 0 saturated heterocycles. The van der Waals surface area contributed by atoms with E-state index in [2.05, 4.69) is 15.3 Å². The predicted octanol–water partition coefficient (Wildman–Crippen LogP) is 1.80. The number of nitrogens with zero attached hydrogens (tertiary/aromatic N) is 4. The van der Waals surface area contributed by atoms with Crippen LogP contribution in [0.5, 0.6) is 0 Å². The number of benzene rings is 1. The predicted molar refractivity (Wildman–Crippen MR) is 73.7 cm³/mol. The third-order valence-corrected chi connectivity index (χ3v) is 3.11. The summed E-state index contributed by atoms with van der Waals surface area (Å²) < 4.78 is 1.56. The molecule has 0 amide bonds. The van der Waals surface area contributed by atoms with Crippen molar-refractivity contribution in [3.05, 3.63) is 40.1 Å². The number of nitrogens with two attached hydrogens (primary N) is 1. The van der Waals surface area contributed by atoms with Gasteiger partial charge in [0.2, 0.25) is 0 Å². The molecule has 102 valence electrons. The van der Waals surface area contributed by atoms with E-state index in [-0.39, 0.29) is 5.69 Å². The number of rotatable bonds is 3. The Morgan fingerprint density at radius 1 is 1.50 bits per heavy atom. The van der Waals surface area contributed by atoms with Gasteiger partial charge in [-0.05, 0) is 12.5 Å². The number of fused-ring (bicyclic) bond motifs is 1. The summed E-state index contributed by atoms with van der Waals surface area (Å²) >= 11 is 0. The van der Waals surface area contributed by atoms with Gasteiger partial charge in [-0.25, -0.2) is 4.68 Å². The highest BCUT2D eigenvalue weighted by atomic mass is 16.6. The molecule has 0 bridgehead atoms. The Kier molecular flexibility index (Phi) is 2.63. The molecule has 0 aliphatic rings. The summed E-state index contributed by atoms with van der Waals surface area (Å²) in [7, 11) is 0. The average Bonchev–Trinajstić information content (AvgIpc) is 3.00. The summed E-state index contributed by atoms with van der Waals surface area (Å²) in [5.74, 6) is 0.452. The molecule has 3 N–H and O–H groups in total. The maximum absolute atomic E-state index is 10.8. The minimum absolute atomic E-state index is 0.00714. The number of non-ortho nitro benzene ring substituents is 1. The highest BCUT2D eigenvalue weighted by Gasteiger charge is 2.17. The highest BCUT2D eigenvalue weighted by molar-refractivity contribution is 5.89. The van der Waals surface area contributed by atoms with E-state index in [0.717, 1.165) is 11.1 Å². The van der Waals surface area contributed by atoms with Gasteiger partial charge in [0.05, 0.1) is 21.7 Å². The van der Waals surface area contributed by atoms with E-state index >= 15 is 0 Å². The zero-order valence-corrected chi connectivity index (χ0v) is 10.7. The van der Waals surface area contributed by atoms with E-state index in [1.807, 2.05) is 6.92 Å². The molecule has 8 nitrogen and oxygen atoms in total. The van der Waals surface area contributed by atoms with Crippen LogP contribution in [0.1, 0.15) is 12.6 Å². The van der Waals surface area contributed by atoms with Gasteiger partial charge in [-0.3, -0.25) is 15.2 Å². The highest BCUT2D eigenvalue weighted by Crippen LogP contribution is 2.26. The number of nitro benzene ring substituents is 1. The fourth-order valence-electron chi connectivity index (χ4n) is 2.17. The van der Waals surface area contributed by atoms with Crippen molar-refractivity contribution in [1.29, 1.82) is 0 Å². The topological polar surface area (TPSA) is 116 Å². The molecule has 0 aliphatic carbocycles. The van der Waals surface area contributed by atoms with Crippen LogP contribution in [-0.4, -0.2) is 24.9 Å². The van der Waals surface area contributed by atoms with Gasteiger partial charge in [-0.1, -0.05) is 13.0 Å². The lowest BCUT2D eigenvalue weighted by atomic mass is 10.2. The number of nitro groups is 1. The molecule has 0 fully saturated rings. The Bertz CT molecular complexity index is 803. The lowest BCUT2D eigenvalue weighted by Crippen LogP contribution is -1.99. The minimum Gasteiger partial charge on any atom is -0.383 e. The molecule has 8 heteroatoms. The van der Waals surface area contributed by atoms with Crippen LogP contribution in [0.25, 0.3) is 16.7 Å². The molecular formula is C12H12N6O2. The summed E-state index contributed by atoms with van der Waals surface area (Å²) in [5.41, 5.74) is 7.80. The zero-order valence-electron chi connectivity index (χ0n) is 10.7. The molecule has 0 spiro atoms. The summed E-state index contributed by atoms with van der Waals surface area (Å²) in [6.45, 7) is 1.96. The zero-order chi connectivity index (χ0) is 14.3. The lowest BCUT2D eigenvalue weighted by Gasteiger charge is -2.01. The van der Waals surface area contributed by atoms with Crippen LogP contribution >= 0.6 is 0 Å². The number of aryl methyl sites for hydroxylation is 1. The maximum atomic E-state index is 10.8. The van der Waals surface area contributed by atoms with Crippen LogP contribution in [0, 0.1) is 10.1 Å². The number of hydrogen-bond donors (Lipinski definition) is 2. The fraction of sp³-hybridized carbons (Fsp3) is 0.167. The smallest absolute Gasteiger partial charge is 0.271 e. The fourth-order valence-corrected chi connectivity index (χ4v) is 2.17. The number of nitrogen functional groups attached to an aromatic ring is 1. The van der Waals surface area contributed by atoms with Crippen molar-refractivity contribution in [3.8, 4) is 5.69 Å². The lowest BCUT2D eigenvalue weighted by molar-refractivity contribution is -0.384. The van der Waals surface area contributed by atoms with Crippen LogP contribution in [-0.2, 0) is 6.42 Å². The molecular weight excluding hydrogens is 260 g/mol. The van der Waals surface area contributed by atoms with Gasteiger partial charge in [0.25, 0.3) is 5.69 Å². The van der Waals surface area contributed by atoms with Gasteiger partial charge in [0.15, 0.2) is 5.65 Å². The molecule has 0 radical (unpaired) electrons. The normalized spacial score (nSPS) is 11.1. The Labute approximate surface area is 113 Å². The number of aromatic nitrogens is 4. The third-order valence-electron chi connectivity index (χ3n) is 3.11. The molecule has 2 aromatic heterocycles. The van der Waals surface area contributed by atoms with Crippen molar-refractivity contribution >= 4 is 22.5 Å². The first-order valence-corrected chi connectivity index (χ1v) is 6.08. The van der Waals surface area contributed by atoms with Crippen LogP contribution in [0.3, 0.4) is 0 Å². The molecule has 0 saturated carbocycles. The van der Waals surface area contributed by atoms with Gasteiger partial charge in [0.1, 0.15) is 5.82 Å². The number of hydrogen-bond acceptors (Lipinski definition) is 5. The van der Waals surface area contributed by atoms with E-state index < -0.39 is 4.92 Å². The summed E-state index contributed by atoms with van der Waals surface area (Å²) in [5, 5.41) is 22.9. The van der Waals surface area contributed by atoms with Gasteiger partial charge in [-0.2, -0.15) is 10.2 Å². The van der Waals surface area contributed by atoms with Crippen molar-refractivity contribution in [2.45, 2.75) is 13.3 Å². The molecule has 2 heterocycles. The second-order valence-electron chi connectivity index (χ2n) is 4.32. The van der Waals surface area contributed by atoms with Gasteiger partial charge < -0.3 is 5.73 Å². The van der Waals surface area contributed by atoms with Crippen LogP contribution < -0.4 is 5.73 Å². The first-order valence-electron chi connectivity index (χ1n) is 6.08. The van der Waals surface area contributed by atoms with Gasteiger partial charge in [0, 0.05) is 12.1 Å². The van der Waals surface area contributed by atoms with E-state index in [9.17, 15) is 10.1 Å². The van der Waals surface area contributed by atoms with Gasteiger partial charge in [-0.15, -0.1) is 0 Å². The Balaban J connectivity index is 2.24. The quantitative estimate of drug-likeness (QED) is 0.557. The monoisotopic (exact) mass is 272 g/mol. The second kappa shape index (κ2) is 4.34. The van der Waals surface area contributed by atoms with Crippen molar-refractivity contribution in [2.24, 2.45) is 0 Å². The van der Waals surface area contributed by atoms with Crippen LogP contribution in [0.2, 0.25) is 0 Å². The molecule has 0 aliphatic heterocycles. The van der Waals surface area contributed by atoms with Crippen molar-refractivity contribution in [1.82, 2.24) is 20.0 Å². The van der Waals surface area contributed by atoms with Gasteiger partial charge >= 0.3 is 0 Å². The second-order valence-corrected chi connectivity index (χ2v) is 4.32. The molecule has 0 unspecified atom stereocenters. The molecule has 3 rings (SSSR count). The van der Waals surface area contributed by atoms with Crippen molar-refractivity contribution in [3.63, 3.8) is 0 Å². The molecule has 3 aromatic rings. The van der Waals surface area contributed by atoms with E-state index in [1.54, 1.807) is 16.8 Å². The first kappa shape index (κ1) is 12.2. The number of H-pyrrole nitrogens is 1. The average molecular weight is 272 g/mol. The minimum atomic E-state index is -0.441. The molecule has 20 heavy (non-hydrogen) atoms. The first-order chi connectivity index (χ1) is 9.61. The van der Waals surface area contributed by atoms with E-state index in [0.29, 0.717) is 23.6 Å². The Morgan fingerprint density at radius 2 is 2.30 bits per heavy atom. The van der Waals surface area contributed by atoms with E-state index in [1.165, 1.54) is 12.1 Å². The molecule has 1 aromatic carbocycles. The maximum Gasteiger partial charge on any atom is 0.271 e. The number of aromatic amines is 1. The summed E-state index contributed by atoms with van der Waals surface area (Å²) in [6.07, 6.45) is 0.697. The van der Waals surface area contributed by atoms with Crippen LogP contribution in [0.15, 0.2) is 24.3 Å². The summed E-state index contributed by atoms with van der Waals surface area (Å²) in [6, 6.07) is 6.24. The summed E-state index contributed by atoms with van der Waals surface area (Å²) in [4.78, 5) is 10.4. The Morgan fingerprint density at radius 3 is 3.00 bits per heavy atom. The standard InChI is InChI=1S/C12H12N6O2/c1-2-9-10-11(13)14-15-12(10)17(16-9)7-4-3-5-8(6-7)18(19)20/h3-6H,2H2,1H3,(H3,13,14,15). The third kappa shape index (κ3) is 1.69. The largest absolute Gasteiger partial charge is 0.383 e. The van der Waals surface area contributed by atoms with Crippen molar-refractivity contribution in [2.75, 3.05) is 5.73 Å². The van der Waals surface area contributed by atoms with Crippen molar-refractivity contribution < 1.29 is 4.92 Å². The number of nitrogens with one attached hydrogen (secondary N) is 1. The molecule has 0 atom stereocenters. The number of anilines is 1. The SMILES string of the molecule is CCc1nn(-c2cccc([N+](=O)[O-])c2)c2n[nH]c(N)c12. The van der Waals surface area contributed by atoms with E-state index in [4.69, 9.17) is 5.73 Å². The van der Waals surface area contributed by atoms with Crippen LogP contribution in [0.4, 0.5) is 11.5 Å².